The summed E-state index contributed by atoms with van der Waals surface area (Å²) in [6, 6.07) is 24.3. The maximum absolute atomic E-state index is 13.9. The molecule has 10 atom stereocenters. The molecule has 2 aliphatic heterocycles. The normalized spacial score (nSPS) is 28.6. The number of hydrogen-bond donors (Lipinski definition) is 4. The number of benzene rings is 3. The minimum atomic E-state index is -1.41. The second kappa shape index (κ2) is 19.8. The Morgan fingerprint density at radius 2 is 1.40 bits per heavy atom. The average Bonchev–Trinajstić information content (AvgIpc) is 3.62. The lowest BCUT2D eigenvalue weighted by molar-refractivity contribution is -0.267. The van der Waals surface area contributed by atoms with Crippen LogP contribution >= 0.6 is 0 Å². The van der Waals surface area contributed by atoms with Crippen LogP contribution in [0, 0.1) is 0 Å². The van der Waals surface area contributed by atoms with Crippen LogP contribution in [0.4, 0.5) is 14.4 Å². The van der Waals surface area contributed by atoms with Gasteiger partial charge < -0.3 is 49.3 Å². The Labute approximate surface area is 347 Å². The topological polar surface area (TPSA) is 223 Å². The molecule has 0 radical (unpaired) electrons. The van der Waals surface area contributed by atoms with Crippen molar-refractivity contribution in [2.45, 2.75) is 138 Å². The molecular weight excluding hydrogens is 777 g/mol. The van der Waals surface area contributed by atoms with Crippen LogP contribution in [0.25, 0.3) is 10.4 Å². The zero-order valence-electron chi connectivity index (χ0n) is 33.4. The highest BCUT2D eigenvalue weighted by Gasteiger charge is 2.63. The van der Waals surface area contributed by atoms with E-state index in [4.69, 9.17) is 28.4 Å². The van der Waals surface area contributed by atoms with Crippen LogP contribution in [0.1, 0.15) is 68.6 Å². The summed E-state index contributed by atoms with van der Waals surface area (Å²) in [6.45, 7) is 2.13. The summed E-state index contributed by atoms with van der Waals surface area (Å²) in [7, 11) is 0. The summed E-state index contributed by atoms with van der Waals surface area (Å²) in [6.07, 6.45) is -5.21. The van der Waals surface area contributed by atoms with Crippen LogP contribution in [-0.4, -0.2) is 100 Å². The quantitative estimate of drug-likeness (QED) is 0.0729. The van der Waals surface area contributed by atoms with Gasteiger partial charge in [-0.15, -0.1) is 0 Å². The van der Waals surface area contributed by atoms with E-state index in [0.29, 0.717) is 25.7 Å². The van der Waals surface area contributed by atoms with Gasteiger partial charge in [0.2, 0.25) is 0 Å². The van der Waals surface area contributed by atoms with Crippen molar-refractivity contribution in [1.29, 1.82) is 0 Å². The van der Waals surface area contributed by atoms with Gasteiger partial charge in [-0.1, -0.05) is 103 Å². The molecule has 4 fully saturated rings. The van der Waals surface area contributed by atoms with Crippen LogP contribution in [-0.2, 0) is 48.2 Å². The van der Waals surface area contributed by atoms with Crippen LogP contribution in [0.15, 0.2) is 96.1 Å². The first kappa shape index (κ1) is 42.7. The van der Waals surface area contributed by atoms with Crippen LogP contribution in [0.2, 0.25) is 0 Å². The molecule has 3 aromatic rings. The molecule has 7 rings (SSSR count). The van der Waals surface area contributed by atoms with Crippen LogP contribution in [0.5, 0.6) is 0 Å². The number of amides is 3. The van der Waals surface area contributed by atoms with Crippen molar-refractivity contribution in [2.75, 3.05) is 0 Å². The van der Waals surface area contributed by atoms with Gasteiger partial charge in [0, 0.05) is 24.3 Å². The minimum Gasteiger partial charge on any atom is -0.465 e. The predicted octanol–water partition coefficient (Wildman–Crippen LogP) is 7.10. The van der Waals surface area contributed by atoms with Gasteiger partial charge in [-0.3, -0.25) is 4.90 Å². The van der Waals surface area contributed by atoms with E-state index < -0.39 is 85.0 Å². The Hall–Kier alpha value is -5.42. The summed E-state index contributed by atoms with van der Waals surface area (Å²) < 4.78 is 39.2. The van der Waals surface area contributed by atoms with E-state index in [1.165, 1.54) is 0 Å². The summed E-state index contributed by atoms with van der Waals surface area (Å²) in [5.74, 6) is -1.07. The first-order valence-corrected chi connectivity index (χ1v) is 20.5. The fraction of sp³-hybridized carbons (Fsp3) is 0.512. The fourth-order valence-corrected chi connectivity index (χ4v) is 8.84. The van der Waals surface area contributed by atoms with Crippen molar-refractivity contribution < 1.29 is 53.0 Å². The largest absolute Gasteiger partial charge is 0.465 e. The number of fused-ring (bicyclic) bond motifs is 1. The minimum absolute atomic E-state index is 0.00962. The second-order valence-corrected chi connectivity index (χ2v) is 15.7. The van der Waals surface area contributed by atoms with Gasteiger partial charge >= 0.3 is 18.3 Å². The van der Waals surface area contributed by atoms with E-state index in [0.717, 1.165) is 36.0 Å². The lowest BCUT2D eigenvalue weighted by Crippen LogP contribution is -2.72. The van der Waals surface area contributed by atoms with Crippen molar-refractivity contribution in [3.8, 4) is 0 Å². The molecule has 4 aliphatic rings. The molecule has 2 heterocycles. The third-order valence-electron chi connectivity index (χ3n) is 11.8. The number of azide groups is 1. The van der Waals surface area contributed by atoms with Crippen molar-refractivity contribution in [3.63, 3.8) is 0 Å². The lowest BCUT2D eigenvalue weighted by Gasteiger charge is -2.49. The van der Waals surface area contributed by atoms with Gasteiger partial charge in [-0.05, 0) is 54.8 Å². The molecule has 4 N–H and O–H groups in total. The van der Waals surface area contributed by atoms with Gasteiger partial charge in [-0.25, -0.2) is 14.4 Å². The van der Waals surface area contributed by atoms with Crippen LogP contribution in [0.3, 0.4) is 0 Å². The van der Waals surface area contributed by atoms with E-state index in [9.17, 15) is 30.1 Å². The molecule has 0 aromatic heterocycles. The molecule has 0 unspecified atom stereocenters. The summed E-state index contributed by atoms with van der Waals surface area (Å²) in [4.78, 5) is 43.6. The Balaban J connectivity index is 1.20. The molecule has 2 saturated carbocycles. The van der Waals surface area contributed by atoms with E-state index in [2.05, 4.69) is 20.7 Å². The molecule has 60 heavy (non-hydrogen) atoms. The number of carbonyl (C=O) groups excluding carboxylic acids is 1. The van der Waals surface area contributed by atoms with Gasteiger partial charge in [-0.2, -0.15) is 0 Å². The summed E-state index contributed by atoms with van der Waals surface area (Å²) in [5, 5.41) is 29.5. The maximum atomic E-state index is 13.9. The molecule has 3 aromatic carbocycles. The number of carboxylic acid groups (broad SMARTS) is 2. The van der Waals surface area contributed by atoms with E-state index in [-0.39, 0.29) is 19.8 Å². The Morgan fingerprint density at radius 1 is 0.817 bits per heavy atom. The van der Waals surface area contributed by atoms with Gasteiger partial charge in [0.1, 0.15) is 31.0 Å². The van der Waals surface area contributed by atoms with E-state index in [1.807, 2.05) is 97.9 Å². The molecule has 0 bridgehead atoms. The van der Waals surface area contributed by atoms with E-state index in [1.54, 1.807) is 4.90 Å². The Kier molecular flexibility index (Phi) is 14.1. The van der Waals surface area contributed by atoms with Gasteiger partial charge in [0.25, 0.3) is 0 Å². The number of hydrogen-bond acceptors (Lipinski definition) is 10. The predicted molar refractivity (Wildman–Crippen MR) is 214 cm³/mol. The molecule has 17 heteroatoms. The molecule has 2 saturated heterocycles. The van der Waals surface area contributed by atoms with Crippen molar-refractivity contribution in [1.82, 2.24) is 15.5 Å². The fourth-order valence-electron chi connectivity index (χ4n) is 8.84. The number of ether oxygens (including phenoxy) is 6. The second-order valence-electron chi connectivity index (χ2n) is 15.7. The number of nitrogens with one attached hydrogen (secondary N) is 2. The number of carbonyl (C=O) groups is 3. The summed E-state index contributed by atoms with van der Waals surface area (Å²) in [5.41, 5.74) is 12.1. The SMILES string of the molecule is C[C@H]([C@@H]1CC[C@@H](N=[N+]=[N-])[C@@H](O[C@@H]2[C@@H](NC(=O)O)[C@H](OCc3ccccc3)[C@@H](NC(=O)O)[C@@H]3OC4(CCCCC4)O[C@@H]23)O1)N(Cc1ccccc1)C(=O)OCc1ccccc1. The van der Waals surface area contributed by atoms with Crippen LogP contribution < -0.4 is 10.6 Å². The van der Waals surface area contributed by atoms with Gasteiger partial charge in [0.15, 0.2) is 12.1 Å². The zero-order valence-corrected chi connectivity index (χ0v) is 33.4. The highest BCUT2D eigenvalue weighted by molar-refractivity contribution is 5.68. The summed E-state index contributed by atoms with van der Waals surface area (Å²) >= 11 is 0. The zero-order chi connectivity index (χ0) is 42.1. The Bertz CT molecular complexity index is 1940. The van der Waals surface area contributed by atoms with Crippen molar-refractivity contribution in [3.05, 3.63) is 118 Å². The monoisotopic (exact) mass is 828 g/mol. The lowest BCUT2D eigenvalue weighted by atomic mass is 9.81. The smallest absolute Gasteiger partial charge is 0.410 e. The number of nitrogens with zero attached hydrogens (tertiary/aromatic N) is 4. The molecule has 2 aliphatic carbocycles. The first-order chi connectivity index (χ1) is 29.1. The molecular formula is C43H52N6O11. The van der Waals surface area contributed by atoms with Gasteiger partial charge in [0.05, 0.1) is 36.9 Å². The first-order valence-electron chi connectivity index (χ1n) is 20.5. The molecule has 320 valence electrons. The molecule has 1 spiro atoms. The molecule has 17 nitrogen and oxygen atoms in total. The standard InChI is InChI=1S/C43H52N6O11/c1-27(49(24-28-14-6-2-7-15-28)42(54)56-26-30-18-10-4-11-19-30)32-21-20-31(47-48-44)39(57-32)58-36-33(45-40(50)51)35(55-25-29-16-8-3-9-17-29)34(46-41(52)53)37-38(36)60-43(59-37)22-12-5-13-23-43/h2-4,6-11,14-19,27,31-39,45-46H,5,12-13,20-26H2,1H3,(H,50,51)(H,52,53)/t27-,31-,32+,33+,34-,35+,36-,37+,38+,39-/m1/s1. The van der Waals surface area contributed by atoms with Crippen molar-refractivity contribution >= 4 is 18.3 Å². The number of rotatable bonds is 14. The maximum Gasteiger partial charge on any atom is 0.410 e. The highest BCUT2D eigenvalue weighted by Crippen LogP contribution is 2.47. The third kappa shape index (κ3) is 10.3. The third-order valence-corrected chi connectivity index (χ3v) is 11.8. The highest BCUT2D eigenvalue weighted by atomic mass is 16.8. The molecule has 3 amide bonds. The average molecular weight is 829 g/mol. The van der Waals surface area contributed by atoms with E-state index >= 15 is 0 Å². The Morgan fingerprint density at radius 3 is 2.02 bits per heavy atom. The van der Waals surface area contributed by atoms with Crippen molar-refractivity contribution in [2.24, 2.45) is 5.11 Å².